The summed E-state index contributed by atoms with van der Waals surface area (Å²) < 4.78 is 5.53. The fourth-order valence-corrected chi connectivity index (χ4v) is 3.53. The van der Waals surface area contributed by atoms with Crippen molar-refractivity contribution in [2.45, 2.75) is 38.7 Å². The van der Waals surface area contributed by atoms with Gasteiger partial charge in [0.05, 0.1) is 12.0 Å². The highest BCUT2D eigenvalue weighted by Crippen LogP contribution is 2.45. The third-order valence-electron chi connectivity index (χ3n) is 5.31. The molecule has 5 nitrogen and oxygen atoms in total. The molecule has 5 heteroatoms. The molecule has 2 amide bonds. The lowest BCUT2D eigenvalue weighted by molar-refractivity contribution is -0.143. The van der Waals surface area contributed by atoms with E-state index < -0.39 is 5.41 Å². The molecule has 0 spiro atoms. The molecule has 1 aromatic carbocycles. The summed E-state index contributed by atoms with van der Waals surface area (Å²) in [4.78, 5) is 26.0. The van der Waals surface area contributed by atoms with Crippen molar-refractivity contribution in [1.29, 1.82) is 0 Å². The summed E-state index contributed by atoms with van der Waals surface area (Å²) in [6.07, 6.45) is 4.69. The van der Waals surface area contributed by atoms with E-state index in [9.17, 15) is 9.59 Å². The quantitative estimate of drug-likeness (QED) is 0.832. The van der Waals surface area contributed by atoms with E-state index in [1.807, 2.05) is 30.3 Å². The SMILES string of the molecule is NC(=O)C1(CC2CC2)CCN(C(=O)COCc2ccccc2)CC1. The first-order valence-electron chi connectivity index (χ1n) is 8.78. The second-order valence-electron chi connectivity index (χ2n) is 7.15. The van der Waals surface area contributed by atoms with Crippen molar-refractivity contribution < 1.29 is 14.3 Å². The number of primary amides is 1. The Hall–Kier alpha value is -1.88. The summed E-state index contributed by atoms with van der Waals surface area (Å²) in [5.74, 6) is 0.464. The number of ether oxygens (including phenoxy) is 1. The highest BCUT2D eigenvalue weighted by Gasteiger charge is 2.44. The molecule has 2 N–H and O–H groups in total. The molecular formula is C19H26N2O3. The smallest absolute Gasteiger partial charge is 0.248 e. The zero-order chi connectivity index (χ0) is 17.0. The maximum absolute atomic E-state index is 12.3. The fraction of sp³-hybridized carbons (Fsp3) is 0.579. The van der Waals surface area contributed by atoms with Crippen LogP contribution in [0.15, 0.2) is 30.3 Å². The number of benzene rings is 1. The Labute approximate surface area is 143 Å². The first-order valence-corrected chi connectivity index (χ1v) is 8.78. The highest BCUT2D eigenvalue weighted by molar-refractivity contribution is 5.82. The number of hydrogen-bond donors (Lipinski definition) is 1. The Bertz CT molecular complexity index is 576. The van der Waals surface area contributed by atoms with Gasteiger partial charge in [0.2, 0.25) is 11.8 Å². The van der Waals surface area contributed by atoms with Crippen LogP contribution in [0.2, 0.25) is 0 Å². The van der Waals surface area contributed by atoms with Gasteiger partial charge in [-0.1, -0.05) is 43.2 Å². The Balaban J connectivity index is 1.45. The van der Waals surface area contributed by atoms with E-state index in [2.05, 4.69) is 0 Å². The van der Waals surface area contributed by atoms with Crippen LogP contribution in [0, 0.1) is 11.3 Å². The predicted molar refractivity (Wildman–Crippen MR) is 90.9 cm³/mol. The molecule has 24 heavy (non-hydrogen) atoms. The molecule has 1 heterocycles. The molecule has 1 saturated heterocycles. The molecule has 0 radical (unpaired) electrons. The van der Waals surface area contributed by atoms with Crippen molar-refractivity contribution in [2.24, 2.45) is 17.1 Å². The zero-order valence-corrected chi connectivity index (χ0v) is 14.1. The van der Waals surface area contributed by atoms with Gasteiger partial charge < -0.3 is 15.4 Å². The van der Waals surface area contributed by atoms with Crippen LogP contribution in [0.3, 0.4) is 0 Å². The third-order valence-corrected chi connectivity index (χ3v) is 5.31. The lowest BCUT2D eigenvalue weighted by Gasteiger charge is -2.39. The van der Waals surface area contributed by atoms with Crippen molar-refractivity contribution in [3.8, 4) is 0 Å². The molecule has 1 aliphatic heterocycles. The van der Waals surface area contributed by atoms with Crippen molar-refractivity contribution >= 4 is 11.8 Å². The van der Waals surface area contributed by atoms with Gasteiger partial charge in [-0.25, -0.2) is 0 Å². The van der Waals surface area contributed by atoms with Crippen LogP contribution in [0.25, 0.3) is 0 Å². The average molecular weight is 330 g/mol. The number of piperidine rings is 1. The van der Waals surface area contributed by atoms with Gasteiger partial charge in [0.1, 0.15) is 6.61 Å². The number of hydrogen-bond acceptors (Lipinski definition) is 3. The van der Waals surface area contributed by atoms with Crippen molar-refractivity contribution in [3.63, 3.8) is 0 Å². The maximum atomic E-state index is 12.3. The lowest BCUT2D eigenvalue weighted by atomic mass is 9.73. The van der Waals surface area contributed by atoms with Crippen LogP contribution >= 0.6 is 0 Å². The van der Waals surface area contributed by atoms with E-state index in [1.165, 1.54) is 12.8 Å². The first-order chi connectivity index (χ1) is 11.6. The molecule has 1 saturated carbocycles. The molecule has 2 aliphatic rings. The first kappa shape index (κ1) is 17.0. The Morgan fingerprint density at radius 3 is 2.42 bits per heavy atom. The summed E-state index contributed by atoms with van der Waals surface area (Å²) in [7, 11) is 0. The van der Waals surface area contributed by atoms with Gasteiger partial charge in [0, 0.05) is 13.1 Å². The van der Waals surface area contributed by atoms with Crippen LogP contribution in [0.4, 0.5) is 0 Å². The van der Waals surface area contributed by atoms with Crippen LogP contribution in [0.1, 0.15) is 37.7 Å². The monoisotopic (exact) mass is 330 g/mol. The Morgan fingerprint density at radius 2 is 1.83 bits per heavy atom. The number of carbonyl (C=O) groups is 2. The summed E-state index contributed by atoms with van der Waals surface area (Å²) >= 11 is 0. The number of amides is 2. The molecule has 0 unspecified atom stereocenters. The molecule has 0 bridgehead atoms. The van der Waals surface area contributed by atoms with Crippen molar-refractivity contribution in [3.05, 3.63) is 35.9 Å². The minimum absolute atomic E-state index is 0.00424. The van der Waals surface area contributed by atoms with E-state index in [0.29, 0.717) is 38.5 Å². The molecule has 0 atom stereocenters. The minimum Gasteiger partial charge on any atom is -0.369 e. The second kappa shape index (κ2) is 7.34. The number of likely N-dealkylation sites (tertiary alicyclic amines) is 1. The summed E-state index contributed by atoms with van der Waals surface area (Å²) in [5, 5.41) is 0. The van der Waals surface area contributed by atoms with E-state index in [4.69, 9.17) is 10.5 Å². The van der Waals surface area contributed by atoms with Gasteiger partial charge >= 0.3 is 0 Å². The van der Waals surface area contributed by atoms with Gasteiger partial charge in [0.15, 0.2) is 0 Å². The summed E-state index contributed by atoms with van der Waals surface area (Å²) in [6, 6.07) is 9.81. The number of carbonyl (C=O) groups excluding carboxylic acids is 2. The Morgan fingerprint density at radius 1 is 1.17 bits per heavy atom. The minimum atomic E-state index is -0.400. The van der Waals surface area contributed by atoms with Crippen LogP contribution in [-0.4, -0.2) is 36.4 Å². The predicted octanol–water partition coefficient (Wildman–Crippen LogP) is 2.10. The van der Waals surface area contributed by atoms with Gasteiger partial charge in [-0.15, -0.1) is 0 Å². The van der Waals surface area contributed by atoms with Gasteiger partial charge in [-0.05, 0) is 30.7 Å². The topological polar surface area (TPSA) is 72.6 Å². The Kier molecular flexibility index (Phi) is 5.19. The second-order valence-corrected chi connectivity index (χ2v) is 7.15. The maximum Gasteiger partial charge on any atom is 0.248 e. The van der Waals surface area contributed by atoms with Crippen LogP contribution in [0.5, 0.6) is 0 Å². The number of nitrogens with two attached hydrogens (primary N) is 1. The molecule has 2 fully saturated rings. The van der Waals surface area contributed by atoms with E-state index >= 15 is 0 Å². The average Bonchev–Trinajstić information content (AvgIpc) is 3.40. The molecule has 3 rings (SSSR count). The van der Waals surface area contributed by atoms with Gasteiger partial charge in [-0.3, -0.25) is 9.59 Å². The summed E-state index contributed by atoms with van der Waals surface area (Å²) in [6.45, 7) is 1.72. The number of nitrogens with zero attached hydrogens (tertiary/aromatic N) is 1. The standard InChI is InChI=1S/C19H26N2O3/c20-18(23)19(12-15-6-7-15)8-10-21(11-9-19)17(22)14-24-13-16-4-2-1-3-5-16/h1-5,15H,6-14H2,(H2,20,23). The van der Waals surface area contributed by atoms with Crippen molar-refractivity contribution in [2.75, 3.05) is 19.7 Å². The molecule has 1 aliphatic carbocycles. The third kappa shape index (κ3) is 4.15. The fourth-order valence-electron chi connectivity index (χ4n) is 3.53. The van der Waals surface area contributed by atoms with E-state index in [0.717, 1.165) is 12.0 Å². The summed E-state index contributed by atoms with van der Waals surface area (Å²) in [5.41, 5.74) is 6.33. The molecular weight excluding hydrogens is 304 g/mol. The molecule has 0 aromatic heterocycles. The van der Waals surface area contributed by atoms with E-state index in [1.54, 1.807) is 4.90 Å². The van der Waals surface area contributed by atoms with E-state index in [-0.39, 0.29) is 18.4 Å². The molecule has 130 valence electrons. The van der Waals surface area contributed by atoms with Gasteiger partial charge in [0.25, 0.3) is 0 Å². The van der Waals surface area contributed by atoms with Gasteiger partial charge in [-0.2, -0.15) is 0 Å². The highest BCUT2D eigenvalue weighted by atomic mass is 16.5. The zero-order valence-electron chi connectivity index (χ0n) is 14.1. The van der Waals surface area contributed by atoms with Crippen molar-refractivity contribution in [1.82, 2.24) is 4.90 Å². The van der Waals surface area contributed by atoms with Crippen LogP contribution < -0.4 is 5.73 Å². The largest absolute Gasteiger partial charge is 0.369 e. The molecule has 1 aromatic rings. The normalized spacial score (nSPS) is 19.9. The number of rotatable bonds is 7. The van der Waals surface area contributed by atoms with Crippen LogP contribution in [-0.2, 0) is 20.9 Å². The lowest BCUT2D eigenvalue weighted by Crippen LogP contribution is -2.49.